The number of rotatable bonds is 10. The summed E-state index contributed by atoms with van der Waals surface area (Å²) in [5, 5.41) is 11.8. The predicted octanol–water partition coefficient (Wildman–Crippen LogP) is 3.54. The molecule has 12 heteroatoms. The number of methoxy groups -OCH3 is 2. The molecule has 0 saturated heterocycles. The molecular weight excluding hydrogens is 498 g/mol. The van der Waals surface area contributed by atoms with Crippen LogP contribution in [0.4, 0.5) is 11.4 Å². The molecule has 3 rings (SSSR count). The van der Waals surface area contributed by atoms with Crippen LogP contribution in [-0.4, -0.2) is 40.0 Å². The van der Waals surface area contributed by atoms with E-state index in [2.05, 4.69) is 0 Å². The lowest BCUT2D eigenvalue weighted by Crippen LogP contribution is -2.39. The molecule has 0 heterocycles. The van der Waals surface area contributed by atoms with Crippen molar-refractivity contribution in [2.45, 2.75) is 11.3 Å². The van der Waals surface area contributed by atoms with E-state index in [1.54, 1.807) is 24.3 Å². The summed E-state index contributed by atoms with van der Waals surface area (Å²) in [7, 11) is -1.61. The number of carbonyl (C=O) groups excluding carboxylic acids is 1. The van der Waals surface area contributed by atoms with Gasteiger partial charge in [-0.1, -0.05) is 29.8 Å². The zero-order valence-corrected chi connectivity index (χ0v) is 20.4. The van der Waals surface area contributed by atoms with Crippen LogP contribution < -0.4 is 19.5 Å². The fraction of sp³-hybridized carbons (Fsp3) is 0.174. The molecule has 0 aliphatic rings. The number of hydrogen-bond donors (Lipinski definition) is 1. The highest BCUT2D eigenvalue weighted by atomic mass is 35.5. The first-order valence-corrected chi connectivity index (χ1v) is 11.9. The van der Waals surface area contributed by atoms with Crippen LogP contribution >= 0.6 is 11.6 Å². The van der Waals surface area contributed by atoms with E-state index in [-0.39, 0.29) is 34.0 Å². The Balaban J connectivity index is 2.21. The van der Waals surface area contributed by atoms with Crippen LogP contribution in [0.5, 0.6) is 11.5 Å². The number of nitrogens with zero attached hydrogens (tertiary/aromatic N) is 2. The summed E-state index contributed by atoms with van der Waals surface area (Å²) in [6, 6.07) is 14.5. The first kappa shape index (κ1) is 25.8. The molecule has 0 radical (unpaired) electrons. The molecule has 0 saturated carbocycles. The first-order valence-electron chi connectivity index (χ1n) is 10.1. The highest BCUT2D eigenvalue weighted by molar-refractivity contribution is 7.92. The van der Waals surface area contributed by atoms with E-state index in [1.807, 2.05) is 0 Å². The lowest BCUT2D eigenvalue weighted by atomic mass is 10.0. The van der Waals surface area contributed by atoms with Crippen molar-refractivity contribution in [1.29, 1.82) is 0 Å². The Morgan fingerprint density at radius 3 is 2.31 bits per heavy atom. The second-order valence-corrected chi connectivity index (χ2v) is 9.60. The van der Waals surface area contributed by atoms with Crippen molar-refractivity contribution in [2.75, 3.05) is 25.1 Å². The van der Waals surface area contributed by atoms with Crippen molar-refractivity contribution in [2.24, 2.45) is 5.73 Å². The molecule has 184 valence electrons. The molecule has 0 fully saturated rings. The number of primary amides is 1. The van der Waals surface area contributed by atoms with Crippen molar-refractivity contribution < 1.29 is 27.6 Å². The lowest BCUT2D eigenvalue weighted by molar-refractivity contribution is -0.384. The van der Waals surface area contributed by atoms with Gasteiger partial charge in [-0.15, -0.1) is 0 Å². The molecule has 0 aromatic heterocycles. The fourth-order valence-corrected chi connectivity index (χ4v) is 5.15. The maximum Gasteiger partial charge on any atom is 0.269 e. The zero-order chi connectivity index (χ0) is 25.8. The van der Waals surface area contributed by atoms with Crippen LogP contribution in [0.15, 0.2) is 65.6 Å². The van der Waals surface area contributed by atoms with Crippen molar-refractivity contribution in [1.82, 2.24) is 0 Å². The summed E-state index contributed by atoms with van der Waals surface area (Å²) in [4.78, 5) is 22.6. The molecule has 0 unspecified atom stereocenters. The maximum absolute atomic E-state index is 13.7. The van der Waals surface area contributed by atoms with Gasteiger partial charge in [0, 0.05) is 29.6 Å². The predicted molar refractivity (Wildman–Crippen MR) is 131 cm³/mol. The minimum Gasteiger partial charge on any atom is -0.493 e. The molecular formula is C23H22ClN3O7S. The third kappa shape index (κ3) is 5.64. The van der Waals surface area contributed by atoms with Gasteiger partial charge in [-0.05, 0) is 35.4 Å². The number of halogens is 1. The third-order valence-corrected chi connectivity index (χ3v) is 7.25. The van der Waals surface area contributed by atoms with Gasteiger partial charge >= 0.3 is 0 Å². The minimum atomic E-state index is -4.37. The van der Waals surface area contributed by atoms with Crippen LogP contribution in [0.25, 0.3) is 0 Å². The van der Waals surface area contributed by atoms with Crippen LogP contribution in [0.2, 0.25) is 5.02 Å². The van der Waals surface area contributed by atoms with E-state index in [0.717, 1.165) is 10.4 Å². The summed E-state index contributed by atoms with van der Waals surface area (Å²) < 4.78 is 38.6. The number of ether oxygens (including phenoxy) is 2. The Hall–Kier alpha value is -3.83. The molecule has 35 heavy (non-hydrogen) atoms. The van der Waals surface area contributed by atoms with Crippen molar-refractivity contribution in [3.63, 3.8) is 0 Å². The molecule has 1 amide bonds. The van der Waals surface area contributed by atoms with Crippen molar-refractivity contribution in [3.8, 4) is 11.5 Å². The van der Waals surface area contributed by atoms with Gasteiger partial charge in [0.2, 0.25) is 5.91 Å². The van der Waals surface area contributed by atoms with Crippen molar-refractivity contribution >= 4 is 38.9 Å². The zero-order valence-electron chi connectivity index (χ0n) is 18.8. The van der Waals surface area contributed by atoms with Crippen LogP contribution in [0, 0.1) is 10.1 Å². The first-order chi connectivity index (χ1) is 16.6. The number of hydrogen-bond acceptors (Lipinski definition) is 7. The van der Waals surface area contributed by atoms with E-state index in [1.165, 1.54) is 44.6 Å². The smallest absolute Gasteiger partial charge is 0.269 e. The van der Waals surface area contributed by atoms with Crippen LogP contribution in [-0.2, 0) is 21.2 Å². The SMILES string of the molecule is COc1ccc(S(=O)(=O)N(CC(N)=O)c2ccc([N+](=O)[O-])cc2Cc2ccccc2Cl)cc1OC. The van der Waals surface area contributed by atoms with E-state index in [9.17, 15) is 23.3 Å². The minimum absolute atomic E-state index is 0.0455. The number of nitro groups is 1. The summed E-state index contributed by atoms with van der Waals surface area (Å²) in [5.41, 5.74) is 6.06. The number of amides is 1. The van der Waals surface area contributed by atoms with Gasteiger partial charge in [0.05, 0.1) is 29.7 Å². The van der Waals surface area contributed by atoms with Gasteiger partial charge in [0.15, 0.2) is 11.5 Å². The molecule has 0 atom stereocenters. The average Bonchev–Trinajstić information content (AvgIpc) is 2.83. The normalized spacial score (nSPS) is 11.1. The van der Waals surface area contributed by atoms with Crippen molar-refractivity contribution in [3.05, 3.63) is 86.9 Å². The van der Waals surface area contributed by atoms with E-state index < -0.39 is 27.4 Å². The summed E-state index contributed by atoms with van der Waals surface area (Å²) >= 11 is 6.27. The van der Waals surface area contributed by atoms with Gasteiger partial charge < -0.3 is 15.2 Å². The van der Waals surface area contributed by atoms with E-state index in [0.29, 0.717) is 16.3 Å². The maximum atomic E-state index is 13.7. The number of sulfonamides is 1. The van der Waals surface area contributed by atoms with Crippen LogP contribution in [0.1, 0.15) is 11.1 Å². The van der Waals surface area contributed by atoms with Crippen LogP contribution in [0.3, 0.4) is 0 Å². The highest BCUT2D eigenvalue weighted by Crippen LogP contribution is 2.35. The quantitative estimate of drug-likeness (QED) is 0.319. The Bertz CT molecular complexity index is 1380. The number of benzene rings is 3. The summed E-state index contributed by atoms with van der Waals surface area (Å²) in [5.74, 6) is -0.452. The largest absolute Gasteiger partial charge is 0.493 e. The number of nitrogens with two attached hydrogens (primary N) is 1. The van der Waals surface area contributed by atoms with E-state index >= 15 is 0 Å². The molecule has 0 aliphatic heterocycles. The van der Waals surface area contributed by atoms with Gasteiger partial charge in [-0.25, -0.2) is 8.42 Å². The second-order valence-electron chi connectivity index (χ2n) is 7.33. The van der Waals surface area contributed by atoms with Gasteiger partial charge in [0.1, 0.15) is 6.54 Å². The highest BCUT2D eigenvalue weighted by Gasteiger charge is 2.30. The topological polar surface area (TPSA) is 142 Å². The Kier molecular flexibility index (Phi) is 7.82. The molecule has 3 aromatic carbocycles. The Labute approximate surface area is 207 Å². The molecule has 10 nitrogen and oxygen atoms in total. The second kappa shape index (κ2) is 10.6. The summed E-state index contributed by atoms with van der Waals surface area (Å²) in [6.07, 6.45) is 0.0629. The third-order valence-electron chi connectivity index (χ3n) is 5.12. The standard InChI is InChI=1S/C23H22ClN3O7S/c1-33-21-10-8-18(13-22(21)34-2)35(31,32)26(14-23(25)28)20-9-7-17(27(29)30)12-16(20)11-15-5-3-4-6-19(15)24/h3-10,12-13H,11,14H2,1-2H3,(H2,25,28). The average molecular weight is 520 g/mol. The van der Waals surface area contributed by atoms with Gasteiger partial charge in [-0.3, -0.25) is 19.2 Å². The number of carbonyl (C=O) groups is 1. The molecule has 0 aliphatic carbocycles. The summed E-state index contributed by atoms with van der Waals surface area (Å²) in [6.45, 7) is -0.704. The molecule has 0 bridgehead atoms. The Morgan fingerprint density at radius 1 is 1.03 bits per heavy atom. The number of nitro benzene ring substituents is 1. The molecule has 2 N–H and O–H groups in total. The monoisotopic (exact) mass is 519 g/mol. The van der Waals surface area contributed by atoms with Gasteiger partial charge in [-0.2, -0.15) is 0 Å². The molecule has 0 spiro atoms. The Morgan fingerprint density at radius 2 is 1.71 bits per heavy atom. The van der Waals surface area contributed by atoms with Gasteiger partial charge in [0.25, 0.3) is 15.7 Å². The lowest BCUT2D eigenvalue weighted by Gasteiger charge is -2.26. The molecule has 3 aromatic rings. The number of non-ortho nitro benzene ring substituents is 1. The van der Waals surface area contributed by atoms with E-state index in [4.69, 9.17) is 26.8 Å². The number of anilines is 1. The fourth-order valence-electron chi connectivity index (χ4n) is 3.46.